The van der Waals surface area contributed by atoms with Crippen LogP contribution in [0.3, 0.4) is 0 Å². The molecule has 2 rings (SSSR count). The molecule has 88 valence electrons. The second kappa shape index (κ2) is 5.05. The molecule has 0 spiro atoms. The van der Waals surface area contributed by atoms with Crippen LogP contribution in [0.4, 0.5) is 5.69 Å². The molecule has 0 aromatic heterocycles. The summed E-state index contributed by atoms with van der Waals surface area (Å²) in [7, 11) is 1.95. The average Bonchev–Trinajstić information content (AvgIpc) is 2.34. The highest BCUT2D eigenvalue weighted by Gasteiger charge is 1.99. The standard InChI is InChI=1S/C16H19N/c1-12-7-8-15(9-13(12)2)10-14-5-4-6-16(11-14)17-3/h4-9,11,17H,10H2,1-3H3. The number of hydrogen-bond acceptors (Lipinski definition) is 1. The lowest BCUT2D eigenvalue weighted by Gasteiger charge is -2.07. The Labute approximate surface area is 103 Å². The van der Waals surface area contributed by atoms with Crippen LogP contribution in [0.5, 0.6) is 0 Å². The maximum absolute atomic E-state index is 3.17. The van der Waals surface area contributed by atoms with Gasteiger partial charge in [-0.2, -0.15) is 0 Å². The van der Waals surface area contributed by atoms with Crippen LogP contribution in [0.1, 0.15) is 22.3 Å². The van der Waals surface area contributed by atoms with Gasteiger partial charge in [-0.15, -0.1) is 0 Å². The zero-order valence-corrected chi connectivity index (χ0v) is 10.7. The van der Waals surface area contributed by atoms with E-state index in [1.807, 2.05) is 7.05 Å². The Kier molecular flexibility index (Phi) is 3.48. The molecule has 0 aliphatic carbocycles. The van der Waals surface area contributed by atoms with Gasteiger partial charge in [-0.1, -0.05) is 30.3 Å². The number of nitrogens with one attached hydrogen (secondary N) is 1. The van der Waals surface area contributed by atoms with E-state index < -0.39 is 0 Å². The number of anilines is 1. The van der Waals surface area contributed by atoms with Crippen LogP contribution in [-0.2, 0) is 6.42 Å². The topological polar surface area (TPSA) is 12.0 Å². The van der Waals surface area contributed by atoms with Gasteiger partial charge in [0.05, 0.1) is 0 Å². The Morgan fingerprint density at radius 2 is 1.65 bits per heavy atom. The fourth-order valence-electron chi connectivity index (χ4n) is 1.99. The summed E-state index contributed by atoms with van der Waals surface area (Å²) in [6.07, 6.45) is 0.997. The highest BCUT2D eigenvalue weighted by atomic mass is 14.8. The summed E-state index contributed by atoms with van der Waals surface area (Å²) in [5.74, 6) is 0. The summed E-state index contributed by atoms with van der Waals surface area (Å²) in [4.78, 5) is 0. The highest BCUT2D eigenvalue weighted by molar-refractivity contribution is 5.46. The van der Waals surface area contributed by atoms with Gasteiger partial charge < -0.3 is 5.32 Å². The molecule has 1 N–H and O–H groups in total. The van der Waals surface area contributed by atoms with E-state index in [9.17, 15) is 0 Å². The molecule has 0 fully saturated rings. The average molecular weight is 225 g/mol. The van der Waals surface area contributed by atoms with Crippen molar-refractivity contribution in [2.24, 2.45) is 0 Å². The summed E-state index contributed by atoms with van der Waals surface area (Å²) in [5.41, 5.74) is 6.62. The van der Waals surface area contributed by atoms with Gasteiger partial charge in [0.15, 0.2) is 0 Å². The molecule has 0 bridgehead atoms. The molecule has 2 aromatic rings. The van der Waals surface area contributed by atoms with Gasteiger partial charge >= 0.3 is 0 Å². The van der Waals surface area contributed by atoms with E-state index in [1.165, 1.54) is 27.9 Å². The first-order chi connectivity index (χ1) is 8.19. The SMILES string of the molecule is CNc1cccc(Cc2ccc(C)c(C)c2)c1. The van der Waals surface area contributed by atoms with E-state index in [4.69, 9.17) is 0 Å². The second-order valence-corrected chi connectivity index (χ2v) is 4.55. The lowest BCUT2D eigenvalue weighted by molar-refractivity contribution is 1.17. The summed E-state index contributed by atoms with van der Waals surface area (Å²) in [6, 6.07) is 15.3. The third-order valence-corrected chi connectivity index (χ3v) is 3.20. The van der Waals surface area contributed by atoms with Crippen LogP contribution in [0, 0.1) is 13.8 Å². The highest BCUT2D eigenvalue weighted by Crippen LogP contribution is 2.16. The van der Waals surface area contributed by atoms with Crippen molar-refractivity contribution in [3.8, 4) is 0 Å². The molecule has 1 heteroatoms. The first kappa shape index (κ1) is 11.7. The molecule has 0 unspecified atom stereocenters. The van der Waals surface area contributed by atoms with Gasteiger partial charge in [0, 0.05) is 12.7 Å². The van der Waals surface area contributed by atoms with E-state index in [0.717, 1.165) is 6.42 Å². The Bertz CT molecular complexity index is 515. The van der Waals surface area contributed by atoms with Gasteiger partial charge in [0.1, 0.15) is 0 Å². The van der Waals surface area contributed by atoms with E-state index in [-0.39, 0.29) is 0 Å². The number of rotatable bonds is 3. The van der Waals surface area contributed by atoms with Gasteiger partial charge in [-0.25, -0.2) is 0 Å². The van der Waals surface area contributed by atoms with Crippen molar-refractivity contribution in [2.45, 2.75) is 20.3 Å². The maximum atomic E-state index is 3.17. The third-order valence-electron chi connectivity index (χ3n) is 3.20. The molecule has 0 radical (unpaired) electrons. The molecule has 1 nitrogen and oxygen atoms in total. The fraction of sp³-hybridized carbons (Fsp3) is 0.250. The van der Waals surface area contributed by atoms with Crippen LogP contribution >= 0.6 is 0 Å². The van der Waals surface area contributed by atoms with Crippen molar-refractivity contribution in [3.05, 3.63) is 64.7 Å². The third kappa shape index (κ3) is 2.88. The molecule has 0 atom stereocenters. The second-order valence-electron chi connectivity index (χ2n) is 4.55. The zero-order valence-electron chi connectivity index (χ0n) is 10.7. The van der Waals surface area contributed by atoms with E-state index >= 15 is 0 Å². The Morgan fingerprint density at radius 3 is 2.35 bits per heavy atom. The van der Waals surface area contributed by atoms with Crippen molar-refractivity contribution in [2.75, 3.05) is 12.4 Å². The molecule has 0 aliphatic rings. The minimum atomic E-state index is 0.997. The van der Waals surface area contributed by atoms with Gasteiger partial charge in [0.25, 0.3) is 0 Å². The Morgan fingerprint density at radius 1 is 0.882 bits per heavy atom. The van der Waals surface area contributed by atoms with Crippen molar-refractivity contribution in [1.29, 1.82) is 0 Å². The maximum Gasteiger partial charge on any atom is 0.0340 e. The minimum Gasteiger partial charge on any atom is -0.388 e. The Hall–Kier alpha value is -1.76. The molecule has 0 aliphatic heterocycles. The van der Waals surface area contributed by atoms with Crippen LogP contribution < -0.4 is 5.32 Å². The summed E-state index contributed by atoms with van der Waals surface area (Å²) in [5, 5.41) is 3.17. The number of benzene rings is 2. The lowest BCUT2D eigenvalue weighted by atomic mass is 10.0. The minimum absolute atomic E-state index is 0.997. The first-order valence-corrected chi connectivity index (χ1v) is 6.02. The predicted octanol–water partition coefficient (Wildman–Crippen LogP) is 3.94. The van der Waals surface area contributed by atoms with Crippen LogP contribution in [0.2, 0.25) is 0 Å². The quantitative estimate of drug-likeness (QED) is 0.834. The van der Waals surface area contributed by atoms with Crippen molar-refractivity contribution in [3.63, 3.8) is 0 Å². The Balaban J connectivity index is 2.22. The zero-order chi connectivity index (χ0) is 12.3. The normalized spacial score (nSPS) is 10.3. The smallest absolute Gasteiger partial charge is 0.0340 e. The van der Waals surface area contributed by atoms with Crippen molar-refractivity contribution >= 4 is 5.69 Å². The summed E-state index contributed by atoms with van der Waals surface area (Å²) < 4.78 is 0. The summed E-state index contributed by atoms with van der Waals surface area (Å²) >= 11 is 0. The monoisotopic (exact) mass is 225 g/mol. The fourth-order valence-corrected chi connectivity index (χ4v) is 1.99. The molecule has 17 heavy (non-hydrogen) atoms. The van der Waals surface area contributed by atoms with Gasteiger partial charge in [0.2, 0.25) is 0 Å². The molecule has 0 heterocycles. The largest absolute Gasteiger partial charge is 0.388 e. The predicted molar refractivity (Wildman–Crippen MR) is 74.7 cm³/mol. The van der Waals surface area contributed by atoms with Crippen LogP contribution in [-0.4, -0.2) is 7.05 Å². The molecular weight excluding hydrogens is 206 g/mol. The summed E-state index contributed by atoms with van der Waals surface area (Å²) in [6.45, 7) is 4.32. The van der Waals surface area contributed by atoms with Crippen LogP contribution in [0.15, 0.2) is 42.5 Å². The van der Waals surface area contributed by atoms with Crippen LogP contribution in [0.25, 0.3) is 0 Å². The molecule has 0 amide bonds. The van der Waals surface area contributed by atoms with Crippen molar-refractivity contribution < 1.29 is 0 Å². The van der Waals surface area contributed by atoms with E-state index in [2.05, 4.69) is 61.6 Å². The van der Waals surface area contributed by atoms with Crippen molar-refractivity contribution in [1.82, 2.24) is 0 Å². The van der Waals surface area contributed by atoms with Gasteiger partial charge in [-0.05, 0) is 54.7 Å². The molecule has 0 saturated heterocycles. The number of hydrogen-bond donors (Lipinski definition) is 1. The lowest BCUT2D eigenvalue weighted by Crippen LogP contribution is -1.93. The van der Waals surface area contributed by atoms with E-state index in [1.54, 1.807) is 0 Å². The van der Waals surface area contributed by atoms with Gasteiger partial charge in [-0.3, -0.25) is 0 Å². The molecule has 0 saturated carbocycles. The molecular formula is C16H19N. The number of aryl methyl sites for hydroxylation is 2. The van der Waals surface area contributed by atoms with E-state index in [0.29, 0.717) is 0 Å². The first-order valence-electron chi connectivity index (χ1n) is 6.02. The molecule has 2 aromatic carbocycles.